The second kappa shape index (κ2) is 10.7. The number of carbonyl (C=O) groups excluding carboxylic acids is 2. The monoisotopic (exact) mass is 456 g/mol. The van der Waals surface area contributed by atoms with Gasteiger partial charge in [0.05, 0.1) is 10.0 Å². The molecule has 0 saturated carbocycles. The van der Waals surface area contributed by atoms with Crippen molar-refractivity contribution in [1.82, 2.24) is 10.2 Å². The first-order valence-corrected chi connectivity index (χ1v) is 10.2. The maximum Gasteiger partial charge on any atom is 0.261 e. The van der Waals surface area contributed by atoms with Gasteiger partial charge in [0, 0.05) is 18.6 Å². The molecule has 1 N–H and O–H groups in total. The largest absolute Gasteiger partial charge is 0.484 e. The van der Waals surface area contributed by atoms with Gasteiger partial charge in [-0.15, -0.1) is 0 Å². The van der Waals surface area contributed by atoms with Crippen LogP contribution in [0.25, 0.3) is 0 Å². The summed E-state index contributed by atoms with van der Waals surface area (Å²) in [7, 11) is 1.54. The van der Waals surface area contributed by atoms with Crippen LogP contribution in [0.5, 0.6) is 5.75 Å². The molecule has 0 aliphatic heterocycles. The minimum absolute atomic E-state index is 0.199. The molecule has 2 amide bonds. The number of nitrogens with zero attached hydrogens (tertiary/aromatic N) is 1. The van der Waals surface area contributed by atoms with E-state index in [1.807, 2.05) is 13.8 Å². The number of ether oxygens (including phenoxy) is 1. The molecule has 29 heavy (non-hydrogen) atoms. The Morgan fingerprint density at radius 2 is 1.76 bits per heavy atom. The Morgan fingerprint density at radius 1 is 1.07 bits per heavy atom. The summed E-state index contributed by atoms with van der Waals surface area (Å²) in [5.74, 6) is -0.0369. The summed E-state index contributed by atoms with van der Waals surface area (Å²) in [5.41, 5.74) is 1.61. The average Bonchev–Trinajstić information content (AvgIpc) is 2.70. The van der Waals surface area contributed by atoms with Crippen LogP contribution in [-0.2, 0) is 16.1 Å². The molecular weight excluding hydrogens is 435 g/mol. The molecule has 156 valence electrons. The maximum absolute atomic E-state index is 13.0. The van der Waals surface area contributed by atoms with Crippen LogP contribution in [0.3, 0.4) is 0 Å². The lowest BCUT2D eigenvalue weighted by Gasteiger charge is -2.30. The maximum atomic E-state index is 13.0. The van der Waals surface area contributed by atoms with E-state index in [2.05, 4.69) is 5.32 Å². The lowest BCUT2D eigenvalue weighted by Crippen LogP contribution is -2.49. The Labute approximate surface area is 185 Å². The number of aryl methyl sites for hydroxylation is 1. The minimum Gasteiger partial charge on any atom is -0.484 e. The molecule has 0 fully saturated rings. The number of benzene rings is 2. The predicted molar refractivity (Wildman–Crippen MR) is 117 cm³/mol. The third-order valence-electron chi connectivity index (χ3n) is 4.46. The van der Waals surface area contributed by atoms with E-state index >= 15 is 0 Å². The molecule has 2 rings (SSSR count). The van der Waals surface area contributed by atoms with Crippen LogP contribution in [0.2, 0.25) is 15.1 Å². The van der Waals surface area contributed by atoms with Crippen LogP contribution in [-0.4, -0.2) is 36.4 Å². The van der Waals surface area contributed by atoms with Crippen molar-refractivity contribution in [3.8, 4) is 5.75 Å². The van der Waals surface area contributed by atoms with Crippen LogP contribution >= 0.6 is 34.8 Å². The number of carbonyl (C=O) groups is 2. The molecule has 0 saturated heterocycles. The Bertz CT molecular complexity index is 889. The van der Waals surface area contributed by atoms with Crippen molar-refractivity contribution in [3.63, 3.8) is 0 Å². The van der Waals surface area contributed by atoms with Crippen molar-refractivity contribution in [3.05, 3.63) is 62.6 Å². The zero-order chi connectivity index (χ0) is 21.6. The van der Waals surface area contributed by atoms with Gasteiger partial charge in [0.2, 0.25) is 5.91 Å². The fraction of sp³-hybridized carbons (Fsp3) is 0.333. The number of nitrogens with one attached hydrogen (secondary N) is 1. The number of rotatable bonds is 8. The summed E-state index contributed by atoms with van der Waals surface area (Å²) in [5, 5.41) is 4.04. The second-order valence-corrected chi connectivity index (χ2v) is 7.73. The highest BCUT2D eigenvalue weighted by molar-refractivity contribution is 6.42. The third-order valence-corrected chi connectivity index (χ3v) is 5.62. The summed E-state index contributed by atoms with van der Waals surface area (Å²) >= 11 is 18.1. The van der Waals surface area contributed by atoms with Crippen LogP contribution in [0, 0.1) is 6.92 Å². The fourth-order valence-electron chi connectivity index (χ4n) is 2.86. The zero-order valence-corrected chi connectivity index (χ0v) is 18.7. The van der Waals surface area contributed by atoms with Crippen LogP contribution in [0.1, 0.15) is 24.5 Å². The van der Waals surface area contributed by atoms with Crippen molar-refractivity contribution in [2.24, 2.45) is 0 Å². The van der Waals surface area contributed by atoms with E-state index in [1.54, 1.807) is 43.4 Å². The number of hydrogen-bond donors (Lipinski definition) is 1. The van der Waals surface area contributed by atoms with Gasteiger partial charge in [-0.25, -0.2) is 0 Å². The van der Waals surface area contributed by atoms with E-state index < -0.39 is 6.04 Å². The predicted octanol–water partition coefficient (Wildman–Crippen LogP) is 4.89. The van der Waals surface area contributed by atoms with Crippen molar-refractivity contribution < 1.29 is 14.3 Å². The lowest BCUT2D eigenvalue weighted by molar-refractivity contribution is -0.142. The van der Waals surface area contributed by atoms with Gasteiger partial charge in [-0.3, -0.25) is 9.59 Å². The fourth-order valence-corrected chi connectivity index (χ4v) is 3.29. The summed E-state index contributed by atoms with van der Waals surface area (Å²) in [6.07, 6.45) is 0.451. The number of likely N-dealkylation sites (N-methyl/N-ethyl adjacent to an activating group) is 1. The minimum atomic E-state index is -0.641. The van der Waals surface area contributed by atoms with E-state index in [9.17, 15) is 9.59 Å². The van der Waals surface area contributed by atoms with Gasteiger partial charge in [-0.1, -0.05) is 47.8 Å². The first kappa shape index (κ1) is 23.3. The molecule has 0 heterocycles. The Hall–Kier alpha value is -1.95. The van der Waals surface area contributed by atoms with Gasteiger partial charge in [0.1, 0.15) is 11.8 Å². The lowest BCUT2D eigenvalue weighted by atomic mass is 10.1. The number of hydrogen-bond acceptors (Lipinski definition) is 3. The highest BCUT2D eigenvalue weighted by Gasteiger charge is 2.28. The van der Waals surface area contributed by atoms with Crippen molar-refractivity contribution in [2.45, 2.75) is 32.9 Å². The molecular formula is C21H23Cl3N2O3. The van der Waals surface area contributed by atoms with Crippen LogP contribution in [0.15, 0.2) is 36.4 Å². The van der Waals surface area contributed by atoms with Crippen molar-refractivity contribution in [1.29, 1.82) is 0 Å². The van der Waals surface area contributed by atoms with E-state index in [1.165, 1.54) is 4.90 Å². The van der Waals surface area contributed by atoms with E-state index in [-0.39, 0.29) is 25.0 Å². The summed E-state index contributed by atoms with van der Waals surface area (Å²) in [6, 6.07) is 9.65. The van der Waals surface area contributed by atoms with Gasteiger partial charge < -0.3 is 15.0 Å². The molecule has 0 radical (unpaired) electrons. The van der Waals surface area contributed by atoms with Gasteiger partial charge in [0.25, 0.3) is 5.91 Å². The smallest absolute Gasteiger partial charge is 0.261 e. The SMILES string of the molecule is CC[C@H](C(=O)NC)N(Cc1ccc(Cl)c(Cl)c1)C(=O)COc1ccc(Cl)c(C)c1. The normalized spacial score (nSPS) is 11.7. The van der Waals surface area contributed by atoms with Gasteiger partial charge in [-0.2, -0.15) is 0 Å². The molecule has 0 aliphatic carbocycles. The summed E-state index contributed by atoms with van der Waals surface area (Å²) in [4.78, 5) is 26.8. The molecule has 0 aliphatic rings. The van der Waals surface area contributed by atoms with Gasteiger partial charge >= 0.3 is 0 Å². The average molecular weight is 458 g/mol. The number of amides is 2. The second-order valence-electron chi connectivity index (χ2n) is 6.51. The Morgan fingerprint density at radius 3 is 2.34 bits per heavy atom. The van der Waals surface area contributed by atoms with Crippen molar-refractivity contribution in [2.75, 3.05) is 13.7 Å². The standard InChI is InChI=1S/C21H23Cl3N2O3/c1-4-19(21(28)25-3)26(11-14-5-7-17(23)18(24)10-14)20(27)12-29-15-6-8-16(22)13(2)9-15/h5-10,19H,4,11-12H2,1-3H3,(H,25,28)/t19-/m1/s1. The van der Waals surface area contributed by atoms with Crippen molar-refractivity contribution >= 4 is 46.6 Å². The summed E-state index contributed by atoms with van der Waals surface area (Å²) < 4.78 is 5.64. The highest BCUT2D eigenvalue weighted by atomic mass is 35.5. The molecule has 0 bridgehead atoms. The third kappa shape index (κ3) is 6.26. The molecule has 1 atom stereocenters. The molecule has 8 heteroatoms. The number of halogens is 3. The molecule has 2 aromatic carbocycles. The van der Waals surface area contributed by atoms with E-state index in [0.717, 1.165) is 11.1 Å². The molecule has 0 spiro atoms. The Kier molecular flexibility index (Phi) is 8.62. The van der Waals surface area contributed by atoms with Gasteiger partial charge in [-0.05, 0) is 54.8 Å². The zero-order valence-electron chi connectivity index (χ0n) is 16.5. The van der Waals surface area contributed by atoms with E-state index in [4.69, 9.17) is 39.5 Å². The molecule has 0 unspecified atom stereocenters. The van der Waals surface area contributed by atoms with Crippen LogP contribution in [0.4, 0.5) is 0 Å². The van der Waals surface area contributed by atoms with Crippen LogP contribution < -0.4 is 10.1 Å². The van der Waals surface area contributed by atoms with Gasteiger partial charge in [0.15, 0.2) is 6.61 Å². The summed E-state index contributed by atoms with van der Waals surface area (Å²) in [6.45, 7) is 3.69. The first-order valence-electron chi connectivity index (χ1n) is 9.10. The molecule has 0 aromatic heterocycles. The molecule has 2 aromatic rings. The Balaban J connectivity index is 2.22. The van der Waals surface area contributed by atoms with E-state index in [0.29, 0.717) is 27.2 Å². The molecule has 5 nitrogen and oxygen atoms in total. The topological polar surface area (TPSA) is 58.6 Å². The first-order chi connectivity index (χ1) is 13.8. The quantitative estimate of drug-likeness (QED) is 0.614. The highest BCUT2D eigenvalue weighted by Crippen LogP contribution is 2.24.